The van der Waals surface area contributed by atoms with Crippen molar-refractivity contribution in [1.82, 2.24) is 21.2 Å². The molecular formula is C28H27N5O6S. The third kappa shape index (κ3) is 7.17. The number of ether oxygens (including phenoxy) is 1. The summed E-state index contributed by atoms with van der Waals surface area (Å²) in [7, 11) is 1.53. The molecule has 4 rings (SSSR count). The standard InChI is InChI=1S/C28H27N5O6S/c1-3-20(27(37)33-32-24(34)16-40-28-31-22-10-6-7-11-23(22)39-28)29-26(36)19-8-4-5-9-21(19)30-25(35)17-12-14-18(38-2)15-13-17/h4-15,20H,3,16H2,1-2H3,(H,29,36)(H,30,35)(H,32,34)(H,33,37). The minimum Gasteiger partial charge on any atom is -0.497 e. The molecular weight excluding hydrogens is 534 g/mol. The number of aromatic nitrogens is 1. The number of carbonyl (C=O) groups excluding carboxylic acids is 4. The van der Waals surface area contributed by atoms with Crippen molar-refractivity contribution in [3.63, 3.8) is 0 Å². The molecule has 1 aromatic heterocycles. The average molecular weight is 562 g/mol. The topological polar surface area (TPSA) is 152 Å². The van der Waals surface area contributed by atoms with Crippen LogP contribution in [0, 0.1) is 0 Å². The number of nitrogens with zero attached hydrogens (tertiary/aromatic N) is 1. The zero-order chi connectivity index (χ0) is 28.5. The number of thioether (sulfide) groups is 1. The summed E-state index contributed by atoms with van der Waals surface area (Å²) in [5.74, 6) is -1.49. The van der Waals surface area contributed by atoms with Crippen molar-refractivity contribution in [3.8, 4) is 5.75 Å². The largest absolute Gasteiger partial charge is 0.497 e. The second kappa shape index (κ2) is 13.3. The van der Waals surface area contributed by atoms with Crippen LogP contribution in [0.25, 0.3) is 11.1 Å². The Kier molecular flexibility index (Phi) is 9.36. The number of rotatable bonds is 10. The third-order valence-corrected chi connectivity index (χ3v) is 6.56. The van der Waals surface area contributed by atoms with Gasteiger partial charge in [-0.25, -0.2) is 4.98 Å². The van der Waals surface area contributed by atoms with E-state index in [0.29, 0.717) is 27.6 Å². The summed E-state index contributed by atoms with van der Waals surface area (Å²) in [6, 6.07) is 19.3. The summed E-state index contributed by atoms with van der Waals surface area (Å²) in [6.45, 7) is 1.72. The van der Waals surface area contributed by atoms with Crippen LogP contribution in [-0.2, 0) is 9.59 Å². The van der Waals surface area contributed by atoms with Gasteiger partial charge in [0.25, 0.3) is 22.9 Å². The van der Waals surface area contributed by atoms with Crippen molar-refractivity contribution in [2.45, 2.75) is 24.6 Å². The smallest absolute Gasteiger partial charge is 0.260 e. The van der Waals surface area contributed by atoms with E-state index in [1.165, 1.54) is 13.2 Å². The SMILES string of the molecule is CCC(NC(=O)c1ccccc1NC(=O)c1ccc(OC)cc1)C(=O)NNC(=O)CSc1nc2ccccc2o1. The monoisotopic (exact) mass is 561 g/mol. The fourth-order valence-corrected chi connectivity index (χ4v) is 4.25. The number of methoxy groups -OCH3 is 1. The van der Waals surface area contributed by atoms with E-state index in [0.717, 1.165) is 11.8 Å². The molecule has 4 amide bonds. The molecule has 40 heavy (non-hydrogen) atoms. The van der Waals surface area contributed by atoms with Gasteiger partial charge in [-0.3, -0.25) is 30.0 Å². The van der Waals surface area contributed by atoms with Crippen molar-refractivity contribution in [3.05, 3.63) is 83.9 Å². The van der Waals surface area contributed by atoms with Crippen LogP contribution in [0.15, 0.2) is 82.4 Å². The van der Waals surface area contributed by atoms with Crippen molar-refractivity contribution in [2.24, 2.45) is 0 Å². The molecule has 3 aromatic carbocycles. The van der Waals surface area contributed by atoms with Crippen LogP contribution < -0.4 is 26.2 Å². The molecule has 0 aliphatic rings. The van der Waals surface area contributed by atoms with Gasteiger partial charge in [0.2, 0.25) is 5.91 Å². The molecule has 1 atom stereocenters. The summed E-state index contributed by atoms with van der Waals surface area (Å²) in [5, 5.41) is 5.71. The molecule has 4 N–H and O–H groups in total. The normalized spacial score (nSPS) is 11.3. The van der Waals surface area contributed by atoms with Crippen LogP contribution in [0.4, 0.5) is 5.69 Å². The fourth-order valence-electron chi connectivity index (χ4n) is 3.61. The highest BCUT2D eigenvalue weighted by atomic mass is 32.2. The van der Waals surface area contributed by atoms with Crippen molar-refractivity contribution in [2.75, 3.05) is 18.2 Å². The number of anilines is 1. The van der Waals surface area contributed by atoms with Gasteiger partial charge < -0.3 is 19.8 Å². The predicted molar refractivity (Wildman–Crippen MR) is 150 cm³/mol. The average Bonchev–Trinajstić information content (AvgIpc) is 3.41. The molecule has 0 aliphatic heterocycles. The molecule has 1 heterocycles. The highest BCUT2D eigenvalue weighted by molar-refractivity contribution is 7.99. The van der Waals surface area contributed by atoms with E-state index < -0.39 is 29.7 Å². The van der Waals surface area contributed by atoms with Crippen molar-refractivity contribution in [1.29, 1.82) is 0 Å². The summed E-state index contributed by atoms with van der Waals surface area (Å²) >= 11 is 1.08. The molecule has 0 radical (unpaired) electrons. The molecule has 0 saturated carbocycles. The lowest BCUT2D eigenvalue weighted by Gasteiger charge is -2.18. The predicted octanol–water partition coefficient (Wildman–Crippen LogP) is 3.54. The van der Waals surface area contributed by atoms with E-state index in [2.05, 4.69) is 26.5 Å². The molecule has 11 nitrogen and oxygen atoms in total. The molecule has 0 spiro atoms. The van der Waals surface area contributed by atoms with Gasteiger partial charge >= 0.3 is 0 Å². The van der Waals surface area contributed by atoms with E-state index in [4.69, 9.17) is 9.15 Å². The number of benzene rings is 3. The zero-order valence-corrected chi connectivity index (χ0v) is 22.5. The van der Waals surface area contributed by atoms with Crippen LogP contribution in [0.2, 0.25) is 0 Å². The second-order valence-electron chi connectivity index (χ2n) is 8.44. The maximum absolute atomic E-state index is 13.0. The molecule has 0 saturated heterocycles. The third-order valence-electron chi connectivity index (χ3n) is 5.73. The number of amides is 4. The van der Waals surface area contributed by atoms with Crippen molar-refractivity contribution < 1.29 is 28.3 Å². The van der Waals surface area contributed by atoms with Crippen LogP contribution in [0.3, 0.4) is 0 Å². The number of oxazole rings is 1. The molecule has 0 bridgehead atoms. The lowest BCUT2D eigenvalue weighted by molar-refractivity contribution is -0.128. The van der Waals surface area contributed by atoms with Gasteiger partial charge in [-0.1, -0.05) is 43.0 Å². The Balaban J connectivity index is 1.30. The molecule has 1 unspecified atom stereocenters. The molecule has 12 heteroatoms. The maximum atomic E-state index is 13.0. The lowest BCUT2D eigenvalue weighted by atomic mass is 10.1. The highest BCUT2D eigenvalue weighted by Crippen LogP contribution is 2.23. The zero-order valence-electron chi connectivity index (χ0n) is 21.7. The Morgan fingerprint density at radius 3 is 2.38 bits per heavy atom. The second-order valence-corrected chi connectivity index (χ2v) is 9.36. The van der Waals surface area contributed by atoms with Crippen LogP contribution in [0.5, 0.6) is 5.75 Å². The number of para-hydroxylation sites is 3. The van der Waals surface area contributed by atoms with Gasteiger partial charge in [0.15, 0.2) is 5.58 Å². The minimum absolute atomic E-state index is 0.0441. The quantitative estimate of drug-likeness (QED) is 0.170. The molecule has 4 aromatic rings. The Morgan fingerprint density at radius 2 is 1.65 bits per heavy atom. The van der Waals surface area contributed by atoms with Gasteiger partial charge in [-0.15, -0.1) is 0 Å². The van der Waals surface area contributed by atoms with Crippen LogP contribution >= 0.6 is 11.8 Å². The van der Waals surface area contributed by atoms with Gasteiger partial charge in [-0.05, 0) is 55.0 Å². The fraction of sp³-hybridized carbons (Fsp3) is 0.179. The number of hydrogen-bond donors (Lipinski definition) is 4. The van der Waals surface area contributed by atoms with Gasteiger partial charge in [0.1, 0.15) is 17.3 Å². The number of carbonyl (C=O) groups is 4. The summed E-state index contributed by atoms with van der Waals surface area (Å²) in [5.41, 5.74) is 6.80. The van der Waals surface area contributed by atoms with E-state index in [9.17, 15) is 19.2 Å². The van der Waals surface area contributed by atoms with E-state index in [1.807, 2.05) is 12.1 Å². The van der Waals surface area contributed by atoms with E-state index in [-0.39, 0.29) is 23.4 Å². The van der Waals surface area contributed by atoms with Gasteiger partial charge in [0.05, 0.1) is 24.1 Å². The number of hydrazine groups is 1. The molecule has 0 fully saturated rings. The summed E-state index contributed by atoms with van der Waals surface area (Å²) in [4.78, 5) is 55.0. The van der Waals surface area contributed by atoms with Gasteiger partial charge in [-0.2, -0.15) is 0 Å². The molecule has 0 aliphatic carbocycles. The Bertz CT molecular complexity index is 1490. The highest BCUT2D eigenvalue weighted by Gasteiger charge is 2.22. The summed E-state index contributed by atoms with van der Waals surface area (Å²) < 4.78 is 10.7. The Hall–Kier alpha value is -4.84. The Labute approximate surface area is 234 Å². The van der Waals surface area contributed by atoms with E-state index in [1.54, 1.807) is 61.5 Å². The molecule has 206 valence electrons. The first-order valence-electron chi connectivity index (χ1n) is 12.3. The van der Waals surface area contributed by atoms with Gasteiger partial charge in [0, 0.05) is 5.56 Å². The lowest BCUT2D eigenvalue weighted by Crippen LogP contribution is -2.52. The first-order valence-corrected chi connectivity index (χ1v) is 13.3. The number of hydrogen-bond acceptors (Lipinski definition) is 8. The van der Waals surface area contributed by atoms with Crippen LogP contribution in [0.1, 0.15) is 34.1 Å². The van der Waals surface area contributed by atoms with Crippen molar-refractivity contribution >= 4 is 52.2 Å². The first kappa shape index (κ1) is 28.2. The Morgan fingerprint density at radius 1 is 0.925 bits per heavy atom. The van der Waals surface area contributed by atoms with Crippen LogP contribution in [-0.4, -0.2) is 47.5 Å². The van der Waals surface area contributed by atoms with E-state index >= 15 is 0 Å². The summed E-state index contributed by atoms with van der Waals surface area (Å²) in [6.07, 6.45) is 0.255. The minimum atomic E-state index is -0.942. The maximum Gasteiger partial charge on any atom is 0.260 e. The number of fused-ring (bicyclic) bond motifs is 1. The number of nitrogens with one attached hydrogen (secondary N) is 4. The first-order chi connectivity index (χ1) is 19.4.